The van der Waals surface area contributed by atoms with Crippen LogP contribution >= 0.6 is 24.0 Å². The topological polar surface area (TPSA) is 29.5 Å². The highest BCUT2D eigenvalue weighted by Gasteiger charge is 2.21. The van der Waals surface area contributed by atoms with Crippen molar-refractivity contribution in [3.63, 3.8) is 0 Å². The van der Waals surface area contributed by atoms with Crippen LogP contribution in [-0.4, -0.2) is 37.1 Å². The molecule has 1 aromatic heterocycles. The van der Waals surface area contributed by atoms with Gasteiger partial charge in [-0.3, -0.25) is 4.79 Å². The Hall–Kier alpha value is -0.520. The molecule has 5 heteroatoms. The van der Waals surface area contributed by atoms with E-state index in [0.29, 0.717) is 13.2 Å². The van der Waals surface area contributed by atoms with E-state index < -0.39 is 0 Å². The third kappa shape index (κ3) is 4.01. The molecule has 0 fully saturated rings. The number of thiol groups is 1. The largest absolute Gasteiger partial charge is 0.383 e. The minimum absolute atomic E-state index is 0.0710. The summed E-state index contributed by atoms with van der Waals surface area (Å²) in [4.78, 5) is 15.8. The third-order valence-corrected chi connectivity index (χ3v) is 4.07. The van der Waals surface area contributed by atoms with Gasteiger partial charge in [0.2, 0.25) is 0 Å². The SMILES string of the molecule is CCC(C)N(CCOC)C(=O)c1cc(S)cs1. The summed E-state index contributed by atoms with van der Waals surface area (Å²) in [5.74, 6) is 0.0710. The summed E-state index contributed by atoms with van der Waals surface area (Å²) in [5, 5.41) is 1.88. The zero-order chi connectivity index (χ0) is 12.8. The normalized spacial score (nSPS) is 12.5. The standard InChI is InChI=1S/C12H19NO2S2/c1-4-9(2)13(5-6-15-3)12(14)11-7-10(16)8-17-11/h7-9,16H,4-6H2,1-3H3. The highest BCUT2D eigenvalue weighted by molar-refractivity contribution is 7.80. The van der Waals surface area contributed by atoms with Crippen LogP contribution in [0.4, 0.5) is 0 Å². The predicted octanol–water partition coefficient (Wildman–Crippen LogP) is 2.92. The molecular weight excluding hydrogens is 254 g/mol. The number of methoxy groups -OCH3 is 1. The molecule has 1 aromatic rings. The Balaban J connectivity index is 2.78. The first-order valence-corrected chi connectivity index (χ1v) is 7.00. The number of carbonyl (C=O) groups is 1. The zero-order valence-corrected chi connectivity index (χ0v) is 12.2. The molecular formula is C12H19NO2S2. The van der Waals surface area contributed by atoms with Gasteiger partial charge in [0, 0.05) is 30.0 Å². The number of nitrogens with zero attached hydrogens (tertiary/aromatic N) is 1. The number of amides is 1. The first kappa shape index (κ1) is 14.5. The number of thiophene rings is 1. The van der Waals surface area contributed by atoms with Gasteiger partial charge < -0.3 is 9.64 Å². The number of hydrogen-bond donors (Lipinski definition) is 1. The lowest BCUT2D eigenvalue weighted by molar-refractivity contribution is 0.0618. The molecule has 0 saturated carbocycles. The van der Waals surface area contributed by atoms with Crippen LogP contribution in [0.3, 0.4) is 0 Å². The molecule has 17 heavy (non-hydrogen) atoms. The molecule has 0 radical (unpaired) electrons. The van der Waals surface area contributed by atoms with Gasteiger partial charge in [0.15, 0.2) is 0 Å². The lowest BCUT2D eigenvalue weighted by Gasteiger charge is -2.27. The molecule has 0 aliphatic heterocycles. The van der Waals surface area contributed by atoms with Crippen molar-refractivity contribution in [1.82, 2.24) is 4.90 Å². The highest BCUT2D eigenvalue weighted by atomic mass is 32.1. The fraction of sp³-hybridized carbons (Fsp3) is 0.583. The maximum atomic E-state index is 12.3. The summed E-state index contributed by atoms with van der Waals surface area (Å²) < 4.78 is 5.05. The van der Waals surface area contributed by atoms with E-state index in [4.69, 9.17) is 4.74 Å². The molecule has 1 heterocycles. The molecule has 0 aliphatic carbocycles. The van der Waals surface area contributed by atoms with E-state index in [1.807, 2.05) is 16.3 Å². The lowest BCUT2D eigenvalue weighted by Crippen LogP contribution is -2.40. The number of carbonyl (C=O) groups excluding carboxylic acids is 1. The molecule has 1 rings (SSSR count). The molecule has 3 nitrogen and oxygen atoms in total. The lowest BCUT2D eigenvalue weighted by atomic mass is 10.2. The fourth-order valence-electron chi connectivity index (χ4n) is 1.51. The van der Waals surface area contributed by atoms with E-state index in [2.05, 4.69) is 26.5 Å². The summed E-state index contributed by atoms with van der Waals surface area (Å²) >= 11 is 5.67. The van der Waals surface area contributed by atoms with Gasteiger partial charge in [-0.15, -0.1) is 24.0 Å². The molecule has 96 valence electrons. The van der Waals surface area contributed by atoms with Crippen LogP contribution in [0.15, 0.2) is 16.3 Å². The van der Waals surface area contributed by atoms with Crippen LogP contribution in [0.2, 0.25) is 0 Å². The minimum atomic E-state index is 0.0710. The Bertz CT molecular complexity index is 365. The molecule has 0 aliphatic rings. The first-order chi connectivity index (χ1) is 8.10. The van der Waals surface area contributed by atoms with Crippen molar-refractivity contribution >= 4 is 29.9 Å². The average Bonchev–Trinajstić information content (AvgIpc) is 2.75. The van der Waals surface area contributed by atoms with E-state index >= 15 is 0 Å². The average molecular weight is 273 g/mol. The molecule has 0 bridgehead atoms. The molecule has 1 amide bonds. The molecule has 0 saturated heterocycles. The Kier molecular flexibility index (Phi) is 6.02. The minimum Gasteiger partial charge on any atom is -0.383 e. The zero-order valence-electron chi connectivity index (χ0n) is 10.5. The van der Waals surface area contributed by atoms with Crippen LogP contribution in [0.1, 0.15) is 29.9 Å². The summed E-state index contributed by atoms with van der Waals surface area (Å²) in [6, 6.07) is 2.04. The van der Waals surface area contributed by atoms with Gasteiger partial charge in [-0.05, 0) is 19.4 Å². The van der Waals surface area contributed by atoms with Gasteiger partial charge >= 0.3 is 0 Å². The van der Waals surface area contributed by atoms with E-state index in [1.54, 1.807) is 7.11 Å². The van der Waals surface area contributed by atoms with E-state index in [0.717, 1.165) is 16.2 Å². The Morgan fingerprint density at radius 1 is 1.65 bits per heavy atom. The van der Waals surface area contributed by atoms with Crippen molar-refractivity contribution in [3.8, 4) is 0 Å². The summed E-state index contributed by atoms with van der Waals surface area (Å²) in [5.41, 5.74) is 0. The smallest absolute Gasteiger partial charge is 0.264 e. The van der Waals surface area contributed by atoms with Crippen LogP contribution in [-0.2, 0) is 4.74 Å². The van der Waals surface area contributed by atoms with Gasteiger partial charge in [0.25, 0.3) is 5.91 Å². The fourth-order valence-corrected chi connectivity index (χ4v) is 2.62. The Morgan fingerprint density at radius 3 is 2.82 bits per heavy atom. The third-order valence-electron chi connectivity index (χ3n) is 2.72. The number of hydrogen-bond acceptors (Lipinski definition) is 4. The highest BCUT2D eigenvalue weighted by Crippen LogP contribution is 2.20. The van der Waals surface area contributed by atoms with Gasteiger partial charge in [0.1, 0.15) is 0 Å². The second-order valence-electron chi connectivity index (χ2n) is 3.92. The summed E-state index contributed by atoms with van der Waals surface area (Å²) in [6.45, 7) is 5.33. The molecule has 1 atom stereocenters. The van der Waals surface area contributed by atoms with Crippen LogP contribution in [0.5, 0.6) is 0 Å². The van der Waals surface area contributed by atoms with Crippen molar-refractivity contribution in [2.24, 2.45) is 0 Å². The van der Waals surface area contributed by atoms with Gasteiger partial charge in [-0.25, -0.2) is 0 Å². The van der Waals surface area contributed by atoms with E-state index in [9.17, 15) is 4.79 Å². The van der Waals surface area contributed by atoms with Crippen molar-refractivity contribution in [2.45, 2.75) is 31.2 Å². The predicted molar refractivity (Wildman–Crippen MR) is 74.2 cm³/mol. The quantitative estimate of drug-likeness (QED) is 0.808. The summed E-state index contributed by atoms with van der Waals surface area (Å²) in [7, 11) is 1.65. The van der Waals surface area contributed by atoms with Crippen molar-refractivity contribution in [2.75, 3.05) is 20.3 Å². The second kappa shape index (κ2) is 7.03. The monoisotopic (exact) mass is 273 g/mol. The van der Waals surface area contributed by atoms with Crippen molar-refractivity contribution < 1.29 is 9.53 Å². The van der Waals surface area contributed by atoms with Crippen LogP contribution in [0, 0.1) is 0 Å². The Morgan fingerprint density at radius 2 is 2.35 bits per heavy atom. The molecule has 0 spiro atoms. The first-order valence-electron chi connectivity index (χ1n) is 5.67. The number of rotatable bonds is 6. The maximum Gasteiger partial charge on any atom is 0.264 e. The van der Waals surface area contributed by atoms with Crippen molar-refractivity contribution in [3.05, 3.63) is 16.3 Å². The molecule has 0 aromatic carbocycles. The van der Waals surface area contributed by atoms with Crippen LogP contribution in [0.25, 0.3) is 0 Å². The van der Waals surface area contributed by atoms with Crippen LogP contribution < -0.4 is 0 Å². The van der Waals surface area contributed by atoms with E-state index in [1.165, 1.54) is 11.3 Å². The molecule has 1 unspecified atom stereocenters. The van der Waals surface area contributed by atoms with Gasteiger partial charge in [-0.2, -0.15) is 0 Å². The second-order valence-corrected chi connectivity index (χ2v) is 5.35. The van der Waals surface area contributed by atoms with E-state index in [-0.39, 0.29) is 11.9 Å². The maximum absolute atomic E-state index is 12.3. The number of ether oxygens (including phenoxy) is 1. The van der Waals surface area contributed by atoms with Gasteiger partial charge in [-0.1, -0.05) is 6.92 Å². The molecule has 0 N–H and O–H groups in total. The summed E-state index contributed by atoms with van der Waals surface area (Å²) in [6.07, 6.45) is 0.939. The Labute approximate surface area is 112 Å². The van der Waals surface area contributed by atoms with Crippen molar-refractivity contribution in [1.29, 1.82) is 0 Å². The van der Waals surface area contributed by atoms with Gasteiger partial charge in [0.05, 0.1) is 11.5 Å².